The highest BCUT2D eigenvalue weighted by atomic mass is 19.4. The lowest BCUT2D eigenvalue weighted by molar-refractivity contribution is -0.266. The lowest BCUT2D eigenvalue weighted by atomic mass is 9.78. The van der Waals surface area contributed by atoms with Gasteiger partial charge in [-0.15, -0.1) is 0 Å². The second kappa shape index (κ2) is 5.23. The quantitative estimate of drug-likeness (QED) is 0.726. The predicted octanol–water partition coefficient (Wildman–Crippen LogP) is 4.60. The number of halogens is 5. The van der Waals surface area contributed by atoms with Crippen LogP contribution in [0.3, 0.4) is 0 Å². The highest BCUT2D eigenvalue weighted by Crippen LogP contribution is 2.50. The molecule has 0 aromatic heterocycles. The third-order valence-electron chi connectivity index (χ3n) is 4.58. The zero-order valence-electron chi connectivity index (χ0n) is 12.0. The maximum absolute atomic E-state index is 13.8. The van der Waals surface area contributed by atoms with Crippen molar-refractivity contribution in [2.45, 2.75) is 44.9 Å². The van der Waals surface area contributed by atoms with Gasteiger partial charge in [0, 0.05) is 11.8 Å². The Labute approximate surface area is 120 Å². The molecular formula is C15H17F5O. The lowest BCUT2D eigenvalue weighted by Crippen LogP contribution is -2.46. The first-order valence-corrected chi connectivity index (χ1v) is 6.81. The Morgan fingerprint density at radius 2 is 1.90 bits per heavy atom. The Hall–Kier alpha value is -1.17. The fraction of sp³-hybridized carbons (Fsp3) is 0.600. The summed E-state index contributed by atoms with van der Waals surface area (Å²) in [7, 11) is 0. The summed E-state index contributed by atoms with van der Waals surface area (Å²) in [5, 5.41) is 0. The molecular weight excluding hydrogens is 291 g/mol. The Morgan fingerprint density at radius 1 is 1.29 bits per heavy atom. The Kier molecular flexibility index (Phi) is 4.04. The molecule has 6 heteroatoms. The van der Waals surface area contributed by atoms with Crippen LogP contribution in [-0.4, -0.2) is 18.4 Å². The predicted molar refractivity (Wildman–Crippen MR) is 68.1 cm³/mol. The van der Waals surface area contributed by atoms with E-state index < -0.39 is 35.2 Å². The van der Waals surface area contributed by atoms with Crippen molar-refractivity contribution in [3.8, 4) is 0 Å². The van der Waals surface area contributed by atoms with E-state index in [1.54, 1.807) is 6.92 Å². The first kappa shape index (κ1) is 16.2. The third-order valence-corrected chi connectivity index (χ3v) is 4.58. The molecule has 0 N–H and O–H groups in total. The molecule has 0 saturated carbocycles. The lowest BCUT2D eigenvalue weighted by Gasteiger charge is -2.32. The summed E-state index contributed by atoms with van der Waals surface area (Å²) in [4.78, 5) is 0. The van der Waals surface area contributed by atoms with Gasteiger partial charge in [-0.05, 0) is 30.5 Å². The summed E-state index contributed by atoms with van der Waals surface area (Å²) in [6, 6.07) is 2.32. The van der Waals surface area contributed by atoms with E-state index in [2.05, 4.69) is 0 Å². The maximum atomic E-state index is 13.8. The van der Waals surface area contributed by atoms with E-state index in [0.29, 0.717) is 5.56 Å². The van der Waals surface area contributed by atoms with Gasteiger partial charge in [0.25, 0.3) is 0 Å². The smallest absolute Gasteiger partial charge is 0.365 e. The van der Waals surface area contributed by atoms with Crippen LogP contribution in [-0.2, 0) is 11.2 Å². The van der Waals surface area contributed by atoms with E-state index in [1.807, 2.05) is 0 Å². The molecule has 1 saturated heterocycles. The molecule has 1 aromatic rings. The van der Waals surface area contributed by atoms with Crippen molar-refractivity contribution in [1.82, 2.24) is 0 Å². The summed E-state index contributed by atoms with van der Waals surface area (Å²) < 4.78 is 71.6. The number of hydrogen-bond donors (Lipinski definition) is 0. The van der Waals surface area contributed by atoms with Gasteiger partial charge in [-0.2, -0.15) is 13.2 Å². The van der Waals surface area contributed by atoms with Crippen LogP contribution in [0.4, 0.5) is 22.0 Å². The van der Waals surface area contributed by atoms with Gasteiger partial charge in [0.15, 0.2) is 17.2 Å². The van der Waals surface area contributed by atoms with Gasteiger partial charge in [0.2, 0.25) is 0 Å². The standard InChI is InChI=1S/C15H17F5O/c1-4-9-10(5-6-12(16)13(9)17)11-7-21-14(3,8(11)2)15(18,19)20/h5-6,8,11H,4,7H2,1-3H3/t8-,11-,14+/m0/s1. The minimum atomic E-state index is -4.51. The van der Waals surface area contributed by atoms with E-state index in [0.717, 1.165) is 13.0 Å². The summed E-state index contributed by atoms with van der Waals surface area (Å²) >= 11 is 0. The van der Waals surface area contributed by atoms with Crippen molar-refractivity contribution in [1.29, 1.82) is 0 Å². The van der Waals surface area contributed by atoms with Crippen LogP contribution in [0.2, 0.25) is 0 Å². The number of ether oxygens (including phenoxy) is 1. The molecule has 1 fully saturated rings. The summed E-state index contributed by atoms with van der Waals surface area (Å²) in [6.45, 7) is 3.93. The van der Waals surface area contributed by atoms with Gasteiger partial charge < -0.3 is 4.74 Å². The van der Waals surface area contributed by atoms with Crippen LogP contribution in [0.25, 0.3) is 0 Å². The van der Waals surface area contributed by atoms with Crippen LogP contribution in [0.1, 0.15) is 37.8 Å². The molecule has 0 radical (unpaired) electrons. The van der Waals surface area contributed by atoms with Gasteiger partial charge in [-0.25, -0.2) is 8.78 Å². The van der Waals surface area contributed by atoms with Crippen LogP contribution in [0, 0.1) is 17.6 Å². The number of hydrogen-bond acceptors (Lipinski definition) is 1. The highest BCUT2D eigenvalue weighted by molar-refractivity contribution is 5.34. The van der Waals surface area contributed by atoms with E-state index in [-0.39, 0.29) is 18.6 Å². The summed E-state index contributed by atoms with van der Waals surface area (Å²) in [6.07, 6.45) is -4.29. The zero-order valence-corrected chi connectivity index (χ0v) is 12.0. The number of benzene rings is 1. The minimum absolute atomic E-state index is 0.127. The van der Waals surface area contributed by atoms with Gasteiger partial charge in [0.1, 0.15) is 0 Å². The molecule has 0 spiro atoms. The van der Waals surface area contributed by atoms with Gasteiger partial charge >= 0.3 is 6.18 Å². The van der Waals surface area contributed by atoms with Crippen LogP contribution in [0.15, 0.2) is 12.1 Å². The van der Waals surface area contributed by atoms with E-state index in [1.165, 1.54) is 13.0 Å². The second-order valence-corrected chi connectivity index (χ2v) is 5.59. The van der Waals surface area contributed by atoms with Crippen molar-refractivity contribution in [3.63, 3.8) is 0 Å². The molecule has 1 nitrogen and oxygen atoms in total. The van der Waals surface area contributed by atoms with E-state index in [4.69, 9.17) is 4.74 Å². The Bertz CT molecular complexity index is 540. The molecule has 118 valence electrons. The van der Waals surface area contributed by atoms with E-state index >= 15 is 0 Å². The first-order chi connectivity index (χ1) is 9.63. The SMILES string of the molecule is CCc1c([C@H]2CO[C@@](C)(C(F)(F)F)[C@H]2C)ccc(F)c1F. The van der Waals surface area contributed by atoms with Crippen molar-refractivity contribution >= 4 is 0 Å². The molecule has 0 unspecified atom stereocenters. The molecule has 1 heterocycles. The molecule has 2 rings (SSSR count). The van der Waals surface area contributed by atoms with Gasteiger partial charge in [0.05, 0.1) is 6.61 Å². The van der Waals surface area contributed by atoms with Crippen molar-refractivity contribution < 1.29 is 26.7 Å². The van der Waals surface area contributed by atoms with Gasteiger partial charge in [-0.1, -0.05) is 19.9 Å². The van der Waals surface area contributed by atoms with Crippen molar-refractivity contribution in [3.05, 3.63) is 34.9 Å². The molecule has 0 bridgehead atoms. The van der Waals surface area contributed by atoms with Crippen LogP contribution in [0.5, 0.6) is 0 Å². The number of rotatable bonds is 2. The van der Waals surface area contributed by atoms with Gasteiger partial charge in [-0.3, -0.25) is 0 Å². The fourth-order valence-electron chi connectivity index (χ4n) is 2.94. The molecule has 1 aromatic carbocycles. The summed E-state index contributed by atoms with van der Waals surface area (Å²) in [5.41, 5.74) is -1.74. The average Bonchev–Trinajstić information content (AvgIpc) is 2.70. The highest BCUT2D eigenvalue weighted by Gasteiger charge is 2.61. The molecule has 3 atom stereocenters. The van der Waals surface area contributed by atoms with E-state index in [9.17, 15) is 22.0 Å². The molecule has 1 aliphatic rings. The molecule has 1 aliphatic heterocycles. The first-order valence-electron chi connectivity index (χ1n) is 6.81. The van der Waals surface area contributed by atoms with Crippen LogP contribution >= 0.6 is 0 Å². The largest absolute Gasteiger partial charge is 0.417 e. The topological polar surface area (TPSA) is 9.23 Å². The molecule has 21 heavy (non-hydrogen) atoms. The third kappa shape index (κ3) is 2.43. The van der Waals surface area contributed by atoms with Crippen molar-refractivity contribution in [2.75, 3.05) is 6.61 Å². The minimum Gasteiger partial charge on any atom is -0.365 e. The Morgan fingerprint density at radius 3 is 2.38 bits per heavy atom. The van der Waals surface area contributed by atoms with Crippen molar-refractivity contribution in [2.24, 2.45) is 5.92 Å². The zero-order chi connectivity index (χ0) is 16.0. The maximum Gasteiger partial charge on any atom is 0.417 e. The normalized spacial score (nSPS) is 29.9. The second-order valence-electron chi connectivity index (χ2n) is 5.59. The Balaban J connectivity index is 2.44. The number of alkyl halides is 3. The fourth-order valence-corrected chi connectivity index (χ4v) is 2.94. The summed E-state index contributed by atoms with van der Waals surface area (Å²) in [5.74, 6) is -3.46. The molecule has 0 aliphatic carbocycles. The monoisotopic (exact) mass is 308 g/mol. The average molecular weight is 308 g/mol. The molecule has 0 amide bonds. The van der Waals surface area contributed by atoms with Crippen LogP contribution < -0.4 is 0 Å².